The van der Waals surface area contributed by atoms with Crippen LogP contribution in [0.1, 0.15) is 51.4 Å². The van der Waals surface area contributed by atoms with Crippen molar-refractivity contribution in [1.29, 1.82) is 0 Å². The average molecular weight is 1340 g/mol. The molecule has 0 heterocycles. The number of hydrogen-bond acceptors (Lipinski definition) is 12. The van der Waals surface area contributed by atoms with Crippen LogP contribution in [0.5, 0.6) is 0 Å². The van der Waals surface area contributed by atoms with Crippen molar-refractivity contribution in [1.82, 2.24) is 0 Å². The van der Waals surface area contributed by atoms with Gasteiger partial charge in [0.2, 0.25) is 0 Å². The van der Waals surface area contributed by atoms with Crippen molar-refractivity contribution in [3.63, 3.8) is 0 Å². The second-order valence-electron chi connectivity index (χ2n) is 17.0. The normalized spacial score (nSPS) is 15.2. The minimum atomic E-state index is -6.95. The van der Waals surface area contributed by atoms with E-state index >= 15 is 0 Å². The molecule has 0 aromatic heterocycles. The monoisotopic (exact) mass is 1340 g/mol. The second kappa shape index (κ2) is 27.4. The Kier molecular flexibility index (Phi) is 25.9. The van der Waals surface area contributed by atoms with Crippen molar-refractivity contribution in [3.8, 4) is 0 Å². The molecule has 0 saturated heterocycles. The first kappa shape index (κ1) is 80.3. The summed E-state index contributed by atoms with van der Waals surface area (Å²) in [6, 6.07) is 0. The van der Waals surface area contributed by atoms with Gasteiger partial charge in [-0.3, -0.25) is 0 Å². The van der Waals surface area contributed by atoms with Crippen LogP contribution in [0.3, 0.4) is 0 Å². The van der Waals surface area contributed by atoms with E-state index in [9.17, 15) is 160 Å². The molecule has 0 radical (unpaired) electrons. The van der Waals surface area contributed by atoms with Gasteiger partial charge in [0.1, 0.15) is 0 Å². The number of carboxylic acids is 4. The molecule has 0 saturated carbocycles. The van der Waals surface area contributed by atoms with Crippen LogP contribution >= 0.6 is 0 Å². The summed E-state index contributed by atoms with van der Waals surface area (Å²) >= 11 is 0. The number of halogens is 32. The van der Waals surface area contributed by atoms with Gasteiger partial charge in [-0.15, -0.1) is 0 Å². The molecule has 504 valence electrons. The maximum absolute atomic E-state index is 14.3. The SMILES string of the molecule is O=C(O)C(F)(F)C(F)(F)OC(F)(F)C(F)(F)CCCOCC(COCCCC(F)(F)C(F)(F)OC(F)(F)C(F)(F)C(=O)O)(COCCCC(F)(F)C(F)(F)OC(F)(F)C(F)(F)C(=O)O)COCCCC(F)(F)C(F)(F)OC(F)(F)C(F)(F)C(=O)O. The van der Waals surface area contributed by atoms with Gasteiger partial charge in [-0.1, -0.05) is 0 Å². The molecule has 0 aliphatic rings. The van der Waals surface area contributed by atoms with Gasteiger partial charge in [0, 0.05) is 52.1 Å². The standard InChI is InChI=1S/C37H36F32O16/c38-22(39,30(54,55)82-34(62,63)26(46,47)17(70)71)5-1-9-78-13-21(14-79-10-2-6-23(40,41)31(56,57)83-35(64,65)27(48,49)18(72)73,15-80-11-3-7-24(42,43)32(58,59)84-36(66,67)28(50,51)19(74)75)16-81-12-4-8-25(44,45)33(60,61)85-37(68,69)29(52,53)20(76)77/h1-16H2,(H,70,71)(H,72,73)(H,74,75)(H,76,77). The summed E-state index contributed by atoms with van der Waals surface area (Å²) in [7, 11) is 0. The molecule has 0 amide bonds. The number of carboxylic acid groups (broad SMARTS) is 4. The summed E-state index contributed by atoms with van der Waals surface area (Å²) in [4.78, 5) is 41.4. The molecule has 0 rings (SSSR count). The molecule has 0 aliphatic carbocycles. The first-order valence-corrected chi connectivity index (χ1v) is 21.5. The number of hydrogen-bond donors (Lipinski definition) is 4. The van der Waals surface area contributed by atoms with E-state index in [1.807, 2.05) is 0 Å². The fourth-order valence-corrected chi connectivity index (χ4v) is 5.27. The summed E-state index contributed by atoms with van der Waals surface area (Å²) in [5.74, 6) is -66.7. The highest BCUT2D eigenvalue weighted by Gasteiger charge is 2.75. The van der Waals surface area contributed by atoms with Gasteiger partial charge in [-0.2, -0.15) is 140 Å². The largest absolute Gasteiger partial charge is 0.477 e. The summed E-state index contributed by atoms with van der Waals surface area (Å²) in [5, 5.41) is 32.5. The zero-order valence-electron chi connectivity index (χ0n) is 40.6. The fraction of sp³-hybridized carbons (Fsp3) is 0.892. The number of carbonyl (C=O) groups is 4. The summed E-state index contributed by atoms with van der Waals surface area (Å²) in [6.07, 6.45) is -72.2. The smallest absolute Gasteiger partial charge is 0.435 e. The van der Waals surface area contributed by atoms with Crippen LogP contribution in [0.4, 0.5) is 140 Å². The van der Waals surface area contributed by atoms with Gasteiger partial charge < -0.3 is 39.4 Å². The van der Waals surface area contributed by atoms with E-state index in [4.69, 9.17) is 39.4 Å². The van der Waals surface area contributed by atoms with Crippen LogP contribution in [-0.4, -0.2) is 193 Å². The minimum Gasteiger partial charge on any atom is -0.477 e. The van der Waals surface area contributed by atoms with Crippen LogP contribution in [0.15, 0.2) is 0 Å². The predicted octanol–water partition coefficient (Wildman–Crippen LogP) is 11.4. The molecule has 0 spiro atoms. The minimum absolute atomic E-state index is 1.62. The van der Waals surface area contributed by atoms with Crippen LogP contribution in [0.25, 0.3) is 0 Å². The fourth-order valence-electron chi connectivity index (χ4n) is 5.27. The zero-order valence-corrected chi connectivity index (χ0v) is 40.6. The van der Waals surface area contributed by atoms with Gasteiger partial charge in [0.25, 0.3) is 0 Å². The van der Waals surface area contributed by atoms with Crippen LogP contribution in [0.2, 0.25) is 0 Å². The predicted molar refractivity (Wildman–Crippen MR) is 197 cm³/mol. The molecular weight excluding hydrogens is 1310 g/mol. The second-order valence-corrected chi connectivity index (χ2v) is 17.0. The molecule has 48 heteroatoms. The maximum Gasteiger partial charge on any atom is 0.435 e. The van der Waals surface area contributed by atoms with Crippen LogP contribution < -0.4 is 0 Å². The Morgan fingerprint density at radius 2 is 0.388 bits per heavy atom. The van der Waals surface area contributed by atoms with Gasteiger partial charge in [0.05, 0.1) is 31.8 Å². The van der Waals surface area contributed by atoms with Crippen LogP contribution in [-0.2, 0) is 57.1 Å². The summed E-state index contributed by atoms with van der Waals surface area (Å²) < 4.78 is 469. The average Bonchev–Trinajstić information content (AvgIpc) is 3.52. The van der Waals surface area contributed by atoms with E-state index in [-0.39, 0.29) is 0 Å². The van der Waals surface area contributed by atoms with Gasteiger partial charge in [0.15, 0.2) is 0 Å². The molecule has 0 fully saturated rings. The Labute approximate surface area is 448 Å². The first-order chi connectivity index (χ1) is 37.4. The lowest BCUT2D eigenvalue weighted by Gasteiger charge is -2.34. The van der Waals surface area contributed by atoms with Crippen molar-refractivity contribution < 1.29 is 218 Å². The number of alkyl halides is 32. The van der Waals surface area contributed by atoms with E-state index in [0.29, 0.717) is 0 Å². The Morgan fingerprint density at radius 1 is 0.247 bits per heavy atom. The molecule has 4 N–H and O–H groups in total. The summed E-state index contributed by atoms with van der Waals surface area (Å²) in [6.45, 7) is -13.1. The van der Waals surface area contributed by atoms with Crippen molar-refractivity contribution in [2.45, 2.75) is 148 Å². The Hall–Kier alpha value is -4.68. The Bertz CT molecular complexity index is 1910. The Morgan fingerprint density at radius 3 is 0.518 bits per heavy atom. The van der Waals surface area contributed by atoms with E-state index < -0.39 is 230 Å². The molecule has 0 bridgehead atoms. The molecule has 0 aliphatic heterocycles. The molecule has 0 aromatic rings. The van der Waals surface area contributed by atoms with Gasteiger partial charge in [-0.05, 0) is 25.7 Å². The lowest BCUT2D eigenvalue weighted by molar-refractivity contribution is -0.462. The van der Waals surface area contributed by atoms with Crippen LogP contribution in [0, 0.1) is 5.41 Å². The summed E-state index contributed by atoms with van der Waals surface area (Å²) in [5.41, 5.74) is -2.83. The highest BCUT2D eigenvalue weighted by atomic mass is 19.4. The molecule has 85 heavy (non-hydrogen) atoms. The maximum atomic E-state index is 14.3. The van der Waals surface area contributed by atoms with E-state index in [2.05, 4.69) is 18.9 Å². The molecule has 0 unspecified atom stereocenters. The van der Waals surface area contributed by atoms with Crippen molar-refractivity contribution in [2.75, 3.05) is 52.9 Å². The third-order valence-electron chi connectivity index (χ3n) is 10.0. The third-order valence-corrected chi connectivity index (χ3v) is 10.0. The van der Waals surface area contributed by atoms with Gasteiger partial charge in [-0.25, -0.2) is 38.1 Å². The van der Waals surface area contributed by atoms with Crippen molar-refractivity contribution >= 4 is 23.9 Å². The quantitative estimate of drug-likeness (QED) is 0.0329. The number of aliphatic carboxylic acids is 4. The molecular formula is C37H36F32O16. The van der Waals surface area contributed by atoms with E-state index in [1.165, 1.54) is 0 Å². The highest BCUT2D eigenvalue weighted by molar-refractivity contribution is 5.77. The lowest BCUT2D eigenvalue weighted by atomic mass is 9.92. The van der Waals surface area contributed by atoms with Gasteiger partial charge >= 0.3 is 120 Å². The third kappa shape index (κ3) is 19.7. The highest BCUT2D eigenvalue weighted by Crippen LogP contribution is 2.51. The van der Waals surface area contributed by atoms with E-state index in [1.54, 1.807) is 0 Å². The topological polar surface area (TPSA) is 223 Å². The first-order valence-electron chi connectivity index (χ1n) is 21.5. The molecule has 0 atom stereocenters. The van der Waals surface area contributed by atoms with Crippen molar-refractivity contribution in [3.05, 3.63) is 0 Å². The zero-order chi connectivity index (χ0) is 67.8. The Balaban J connectivity index is 7.12. The van der Waals surface area contributed by atoms with Crippen molar-refractivity contribution in [2.24, 2.45) is 5.41 Å². The molecule has 0 aromatic carbocycles. The lowest BCUT2D eigenvalue weighted by Crippen LogP contribution is -2.56. The van der Waals surface area contributed by atoms with E-state index in [0.717, 1.165) is 0 Å². The number of ether oxygens (including phenoxy) is 8. The molecule has 16 nitrogen and oxygen atoms in total. The number of rotatable bonds is 44.